The molecule has 0 fully saturated rings. The van der Waals surface area contributed by atoms with E-state index in [2.05, 4.69) is 20.9 Å². The van der Waals surface area contributed by atoms with Crippen LogP contribution in [0.5, 0.6) is 0 Å². The normalized spacial score (nSPS) is 13.6. The highest BCUT2D eigenvalue weighted by Gasteiger charge is 2.29. The van der Waals surface area contributed by atoms with E-state index in [-0.39, 0.29) is 37.8 Å². The van der Waals surface area contributed by atoms with Gasteiger partial charge in [0.05, 0.1) is 13.2 Å². The van der Waals surface area contributed by atoms with Gasteiger partial charge in [-0.25, -0.2) is 4.79 Å². The highest BCUT2D eigenvalue weighted by Crippen LogP contribution is 2.07. The van der Waals surface area contributed by atoms with Crippen molar-refractivity contribution < 1.29 is 29.4 Å². The van der Waals surface area contributed by atoms with E-state index in [0.29, 0.717) is 6.42 Å². The van der Waals surface area contributed by atoms with Gasteiger partial charge in [-0.1, -0.05) is 13.8 Å². The maximum atomic E-state index is 12.6. The van der Waals surface area contributed by atoms with Crippen LogP contribution in [0.4, 0.5) is 0 Å². The first-order valence-corrected chi connectivity index (χ1v) is 9.51. The highest BCUT2D eigenvalue weighted by atomic mass is 16.4. The molecule has 0 aromatic heterocycles. The fourth-order valence-electron chi connectivity index (χ4n) is 2.46. The zero-order chi connectivity index (χ0) is 23.3. The summed E-state index contributed by atoms with van der Waals surface area (Å²) in [6.45, 7) is 2.70. The summed E-state index contributed by atoms with van der Waals surface area (Å²) in [5, 5.41) is 25.7. The third-order valence-electron chi connectivity index (χ3n) is 3.92. The molecule has 0 saturated carbocycles. The second kappa shape index (κ2) is 14.1. The van der Waals surface area contributed by atoms with Crippen LogP contribution in [0.25, 0.3) is 0 Å². The SMILES string of the molecule is CC(C)CC(NC(=O)C(CCCN=C(N)N)NC(=O)C(CO)NC(=O)CN)C(=O)O. The van der Waals surface area contributed by atoms with Crippen molar-refractivity contribution in [1.29, 1.82) is 0 Å². The minimum atomic E-state index is -1.32. The Bertz CT molecular complexity index is 622. The quantitative estimate of drug-likeness (QED) is 0.0775. The number of nitrogens with two attached hydrogens (primary N) is 3. The predicted octanol–water partition coefficient (Wildman–Crippen LogP) is -3.42. The highest BCUT2D eigenvalue weighted by molar-refractivity contribution is 5.93. The molecule has 0 bridgehead atoms. The molecule has 0 aromatic rings. The molecular weight excluding hydrogens is 398 g/mol. The van der Waals surface area contributed by atoms with E-state index in [1.165, 1.54) is 0 Å². The maximum Gasteiger partial charge on any atom is 0.326 e. The fraction of sp³-hybridized carbons (Fsp3) is 0.706. The van der Waals surface area contributed by atoms with Gasteiger partial charge < -0.3 is 43.4 Å². The summed E-state index contributed by atoms with van der Waals surface area (Å²) in [5.41, 5.74) is 15.7. The standard InChI is InChI=1S/C17H33N7O6/c1-9(2)6-11(16(29)30)24-14(27)10(4-3-5-21-17(19)20)23-15(28)12(8-25)22-13(26)7-18/h9-12,25H,3-8,18H2,1-2H3,(H,22,26)(H,23,28)(H,24,27)(H,29,30)(H4,19,20,21). The lowest BCUT2D eigenvalue weighted by Crippen LogP contribution is -2.57. The number of carboxylic acid groups (broad SMARTS) is 1. The van der Waals surface area contributed by atoms with Gasteiger partial charge in [0, 0.05) is 6.54 Å². The Kier molecular flexibility index (Phi) is 12.7. The largest absolute Gasteiger partial charge is 0.480 e. The lowest BCUT2D eigenvalue weighted by molar-refractivity contribution is -0.142. The van der Waals surface area contributed by atoms with Crippen LogP contribution in [0.2, 0.25) is 0 Å². The molecule has 3 unspecified atom stereocenters. The van der Waals surface area contributed by atoms with Crippen molar-refractivity contribution in [3.8, 4) is 0 Å². The lowest BCUT2D eigenvalue weighted by atomic mass is 10.0. The van der Waals surface area contributed by atoms with Gasteiger partial charge in [0.2, 0.25) is 17.7 Å². The number of carbonyl (C=O) groups excluding carboxylic acids is 3. The van der Waals surface area contributed by atoms with E-state index in [1.54, 1.807) is 0 Å². The molecule has 3 amide bonds. The Morgan fingerprint density at radius 3 is 2.00 bits per heavy atom. The van der Waals surface area contributed by atoms with Crippen LogP contribution in [-0.4, -0.2) is 77.7 Å². The number of aliphatic carboxylic acids is 1. The summed E-state index contributed by atoms with van der Waals surface area (Å²) >= 11 is 0. The van der Waals surface area contributed by atoms with Crippen molar-refractivity contribution >= 4 is 29.7 Å². The average Bonchev–Trinajstić information content (AvgIpc) is 2.66. The summed E-state index contributed by atoms with van der Waals surface area (Å²) in [5.74, 6) is -3.54. The summed E-state index contributed by atoms with van der Waals surface area (Å²) in [6.07, 6.45) is 0.587. The molecule has 0 rings (SSSR count). The number of rotatable bonds is 14. The molecule has 0 aliphatic heterocycles. The van der Waals surface area contributed by atoms with Gasteiger partial charge in [-0.2, -0.15) is 0 Å². The number of hydrogen-bond donors (Lipinski definition) is 8. The van der Waals surface area contributed by atoms with E-state index in [4.69, 9.17) is 17.2 Å². The van der Waals surface area contributed by atoms with Gasteiger partial charge in [-0.15, -0.1) is 0 Å². The summed E-state index contributed by atoms with van der Waals surface area (Å²) in [6, 6.07) is -3.59. The van der Waals surface area contributed by atoms with Crippen LogP contribution in [0.1, 0.15) is 33.1 Å². The van der Waals surface area contributed by atoms with Crippen molar-refractivity contribution in [2.24, 2.45) is 28.1 Å². The van der Waals surface area contributed by atoms with Crippen LogP contribution in [0.3, 0.4) is 0 Å². The minimum Gasteiger partial charge on any atom is -0.480 e. The van der Waals surface area contributed by atoms with Crippen LogP contribution in [0, 0.1) is 5.92 Å². The zero-order valence-corrected chi connectivity index (χ0v) is 17.3. The Balaban J connectivity index is 5.29. The molecule has 13 heteroatoms. The average molecular weight is 431 g/mol. The number of carbonyl (C=O) groups is 4. The van der Waals surface area contributed by atoms with E-state index < -0.39 is 48.4 Å². The Hall–Kier alpha value is -2.93. The zero-order valence-electron chi connectivity index (χ0n) is 17.3. The molecule has 3 atom stereocenters. The molecule has 0 aliphatic rings. The van der Waals surface area contributed by atoms with Crippen LogP contribution in [0.15, 0.2) is 4.99 Å². The molecule has 172 valence electrons. The molecule has 0 radical (unpaired) electrons. The Morgan fingerprint density at radius 2 is 1.53 bits per heavy atom. The van der Waals surface area contributed by atoms with E-state index >= 15 is 0 Å². The van der Waals surface area contributed by atoms with E-state index in [9.17, 15) is 29.4 Å². The van der Waals surface area contributed by atoms with Gasteiger partial charge >= 0.3 is 5.97 Å². The number of guanidine groups is 1. The third kappa shape index (κ3) is 11.2. The number of aliphatic hydroxyl groups is 1. The number of nitrogens with zero attached hydrogens (tertiary/aromatic N) is 1. The molecule has 11 N–H and O–H groups in total. The van der Waals surface area contributed by atoms with Crippen LogP contribution < -0.4 is 33.2 Å². The Labute approximate surface area is 174 Å². The molecule has 0 heterocycles. The third-order valence-corrected chi connectivity index (χ3v) is 3.92. The first-order chi connectivity index (χ1) is 14.0. The van der Waals surface area contributed by atoms with E-state index in [1.807, 2.05) is 13.8 Å². The van der Waals surface area contributed by atoms with Crippen LogP contribution >= 0.6 is 0 Å². The molecule has 0 spiro atoms. The number of aliphatic imine (C=N–C) groups is 1. The number of amides is 3. The number of nitrogens with one attached hydrogen (secondary N) is 3. The van der Waals surface area contributed by atoms with Gasteiger partial charge in [-0.05, 0) is 25.2 Å². The first-order valence-electron chi connectivity index (χ1n) is 9.51. The molecular formula is C17H33N7O6. The van der Waals surface area contributed by atoms with E-state index in [0.717, 1.165) is 0 Å². The number of hydrogen-bond acceptors (Lipinski definition) is 7. The lowest BCUT2D eigenvalue weighted by Gasteiger charge is -2.24. The van der Waals surface area contributed by atoms with Crippen molar-refractivity contribution in [2.45, 2.75) is 51.2 Å². The predicted molar refractivity (Wildman–Crippen MR) is 109 cm³/mol. The molecule has 0 aromatic carbocycles. The smallest absolute Gasteiger partial charge is 0.326 e. The molecule has 30 heavy (non-hydrogen) atoms. The van der Waals surface area contributed by atoms with Gasteiger partial charge in [0.1, 0.15) is 18.1 Å². The van der Waals surface area contributed by atoms with Crippen molar-refractivity contribution in [3.63, 3.8) is 0 Å². The number of aliphatic hydroxyl groups excluding tert-OH is 1. The van der Waals surface area contributed by atoms with Gasteiger partial charge in [0.25, 0.3) is 0 Å². The van der Waals surface area contributed by atoms with Crippen molar-refractivity contribution in [3.05, 3.63) is 0 Å². The number of carboxylic acids is 1. The summed E-state index contributed by atoms with van der Waals surface area (Å²) in [7, 11) is 0. The monoisotopic (exact) mass is 431 g/mol. The fourth-order valence-corrected chi connectivity index (χ4v) is 2.46. The molecule has 0 aliphatic carbocycles. The molecule has 13 nitrogen and oxygen atoms in total. The Morgan fingerprint density at radius 1 is 0.967 bits per heavy atom. The second-order valence-corrected chi connectivity index (χ2v) is 7.05. The summed E-state index contributed by atoms with van der Waals surface area (Å²) < 4.78 is 0. The first kappa shape index (κ1) is 27.1. The van der Waals surface area contributed by atoms with Crippen LogP contribution in [-0.2, 0) is 19.2 Å². The van der Waals surface area contributed by atoms with Crippen molar-refractivity contribution in [2.75, 3.05) is 19.7 Å². The van der Waals surface area contributed by atoms with Gasteiger partial charge in [-0.3, -0.25) is 19.4 Å². The summed E-state index contributed by atoms with van der Waals surface area (Å²) in [4.78, 5) is 51.6. The maximum absolute atomic E-state index is 12.6. The van der Waals surface area contributed by atoms with Crippen molar-refractivity contribution in [1.82, 2.24) is 16.0 Å². The van der Waals surface area contributed by atoms with Gasteiger partial charge in [0.15, 0.2) is 5.96 Å². The minimum absolute atomic E-state index is 0.00607. The second-order valence-electron chi connectivity index (χ2n) is 7.05. The topological polar surface area (TPSA) is 235 Å². The molecule has 0 saturated heterocycles.